The molecule has 0 aromatic rings. The number of nitrogens with one attached hydrogen (secondary N) is 1. The summed E-state index contributed by atoms with van der Waals surface area (Å²) in [5, 5.41) is 13.2. The van der Waals surface area contributed by atoms with Gasteiger partial charge in [0.15, 0.2) is 0 Å². The van der Waals surface area contributed by atoms with Crippen molar-refractivity contribution in [3.8, 4) is 0 Å². The van der Waals surface area contributed by atoms with Gasteiger partial charge in [0.05, 0.1) is 6.10 Å². The summed E-state index contributed by atoms with van der Waals surface area (Å²) in [6, 6.07) is 0.739. The summed E-state index contributed by atoms with van der Waals surface area (Å²) in [7, 11) is 0. The van der Waals surface area contributed by atoms with Crippen LogP contribution in [0, 0.1) is 5.92 Å². The van der Waals surface area contributed by atoms with Gasteiger partial charge in [0, 0.05) is 19.1 Å². The fourth-order valence-corrected chi connectivity index (χ4v) is 3.55. The zero-order chi connectivity index (χ0) is 12.8. The van der Waals surface area contributed by atoms with Crippen LogP contribution in [0.25, 0.3) is 0 Å². The molecular formula is C15H30N2O. The van der Waals surface area contributed by atoms with Crippen LogP contribution in [0.5, 0.6) is 0 Å². The van der Waals surface area contributed by atoms with Crippen LogP contribution >= 0.6 is 0 Å². The summed E-state index contributed by atoms with van der Waals surface area (Å²) in [6.45, 7) is 6.36. The monoisotopic (exact) mass is 254 g/mol. The summed E-state index contributed by atoms with van der Waals surface area (Å²) in [5.41, 5.74) is 0. The van der Waals surface area contributed by atoms with Gasteiger partial charge >= 0.3 is 0 Å². The van der Waals surface area contributed by atoms with E-state index in [0.717, 1.165) is 18.5 Å². The van der Waals surface area contributed by atoms with Crippen LogP contribution in [0.2, 0.25) is 0 Å². The SMILES string of the molecule is CC(O)CN(CC1CCNCC1)C1CCCCC1. The molecule has 1 atom stereocenters. The Bertz CT molecular complexity index is 221. The molecule has 2 fully saturated rings. The van der Waals surface area contributed by atoms with Crippen molar-refractivity contribution in [2.24, 2.45) is 5.92 Å². The van der Waals surface area contributed by atoms with Gasteiger partial charge < -0.3 is 10.4 Å². The van der Waals surface area contributed by atoms with Crippen LogP contribution in [0.4, 0.5) is 0 Å². The maximum Gasteiger partial charge on any atom is 0.0639 e. The van der Waals surface area contributed by atoms with Crippen LogP contribution < -0.4 is 5.32 Å². The van der Waals surface area contributed by atoms with E-state index in [1.165, 1.54) is 64.6 Å². The van der Waals surface area contributed by atoms with Gasteiger partial charge in [0.25, 0.3) is 0 Å². The first-order valence-corrected chi connectivity index (χ1v) is 7.88. The lowest BCUT2D eigenvalue weighted by Gasteiger charge is -2.38. The minimum atomic E-state index is -0.186. The van der Waals surface area contributed by atoms with E-state index in [-0.39, 0.29) is 6.10 Å². The Balaban J connectivity index is 1.86. The first-order chi connectivity index (χ1) is 8.75. The maximum absolute atomic E-state index is 9.73. The van der Waals surface area contributed by atoms with Crippen LogP contribution in [0.3, 0.4) is 0 Å². The molecule has 1 unspecified atom stereocenters. The van der Waals surface area contributed by atoms with E-state index < -0.39 is 0 Å². The van der Waals surface area contributed by atoms with Crippen LogP contribution in [0.15, 0.2) is 0 Å². The quantitative estimate of drug-likeness (QED) is 0.788. The average molecular weight is 254 g/mol. The molecule has 0 aromatic heterocycles. The van der Waals surface area contributed by atoms with E-state index in [1.54, 1.807) is 0 Å². The molecular weight excluding hydrogens is 224 g/mol. The smallest absolute Gasteiger partial charge is 0.0639 e. The van der Waals surface area contributed by atoms with Gasteiger partial charge in [0.2, 0.25) is 0 Å². The molecule has 3 heteroatoms. The number of aliphatic hydroxyl groups is 1. The predicted octanol–water partition coefficient (Wildman–Crippen LogP) is 2.00. The Morgan fingerprint density at radius 2 is 1.78 bits per heavy atom. The van der Waals surface area contributed by atoms with E-state index in [2.05, 4.69) is 10.2 Å². The van der Waals surface area contributed by atoms with Gasteiger partial charge in [-0.15, -0.1) is 0 Å². The van der Waals surface area contributed by atoms with Gasteiger partial charge in [-0.05, 0) is 51.6 Å². The lowest BCUT2D eigenvalue weighted by atomic mass is 9.91. The van der Waals surface area contributed by atoms with Crippen molar-refractivity contribution < 1.29 is 5.11 Å². The van der Waals surface area contributed by atoms with Crippen LogP contribution in [0.1, 0.15) is 51.9 Å². The number of aliphatic hydroxyl groups excluding tert-OH is 1. The van der Waals surface area contributed by atoms with Crippen molar-refractivity contribution in [3.05, 3.63) is 0 Å². The third-order valence-electron chi connectivity index (χ3n) is 4.54. The third-order valence-corrected chi connectivity index (χ3v) is 4.54. The number of hydrogen-bond acceptors (Lipinski definition) is 3. The van der Waals surface area contributed by atoms with Gasteiger partial charge in [0.1, 0.15) is 0 Å². The first kappa shape index (κ1) is 14.3. The van der Waals surface area contributed by atoms with Crippen molar-refractivity contribution in [1.82, 2.24) is 10.2 Å². The summed E-state index contributed by atoms with van der Waals surface area (Å²) < 4.78 is 0. The van der Waals surface area contributed by atoms with E-state index in [9.17, 15) is 5.11 Å². The lowest BCUT2D eigenvalue weighted by Crippen LogP contribution is -2.45. The number of nitrogens with zero attached hydrogens (tertiary/aromatic N) is 1. The number of piperidine rings is 1. The van der Waals surface area contributed by atoms with Gasteiger partial charge in [-0.1, -0.05) is 19.3 Å². The molecule has 1 aliphatic heterocycles. The second-order valence-electron chi connectivity index (χ2n) is 6.29. The van der Waals surface area contributed by atoms with E-state index >= 15 is 0 Å². The fourth-order valence-electron chi connectivity index (χ4n) is 3.55. The van der Waals surface area contributed by atoms with Crippen molar-refractivity contribution >= 4 is 0 Å². The molecule has 0 bridgehead atoms. The minimum Gasteiger partial charge on any atom is -0.392 e. The molecule has 2 aliphatic rings. The highest BCUT2D eigenvalue weighted by atomic mass is 16.3. The molecule has 1 saturated heterocycles. The first-order valence-electron chi connectivity index (χ1n) is 7.88. The van der Waals surface area contributed by atoms with E-state index in [1.807, 2.05) is 6.92 Å². The van der Waals surface area contributed by atoms with Crippen LogP contribution in [-0.2, 0) is 0 Å². The molecule has 18 heavy (non-hydrogen) atoms. The standard InChI is InChI=1S/C15H30N2O/c1-13(18)11-17(15-5-3-2-4-6-15)12-14-7-9-16-10-8-14/h13-16,18H,2-12H2,1H3. The molecule has 0 radical (unpaired) electrons. The predicted molar refractivity (Wildman–Crippen MR) is 75.7 cm³/mol. The molecule has 1 saturated carbocycles. The summed E-state index contributed by atoms with van der Waals surface area (Å²) in [5.74, 6) is 0.840. The number of hydrogen-bond donors (Lipinski definition) is 2. The Kier molecular flexibility index (Phi) is 5.93. The zero-order valence-corrected chi connectivity index (χ0v) is 11.9. The van der Waals surface area contributed by atoms with Crippen molar-refractivity contribution in [2.45, 2.75) is 64.0 Å². The minimum absolute atomic E-state index is 0.186. The highest BCUT2D eigenvalue weighted by Crippen LogP contribution is 2.25. The Morgan fingerprint density at radius 1 is 1.11 bits per heavy atom. The van der Waals surface area contributed by atoms with E-state index in [4.69, 9.17) is 0 Å². The lowest BCUT2D eigenvalue weighted by molar-refractivity contribution is 0.0655. The molecule has 106 valence electrons. The molecule has 1 aliphatic carbocycles. The Hall–Kier alpha value is -0.120. The number of rotatable bonds is 5. The Morgan fingerprint density at radius 3 is 2.39 bits per heavy atom. The summed E-state index contributed by atoms with van der Waals surface area (Å²) >= 11 is 0. The molecule has 2 N–H and O–H groups in total. The Labute approximate surface area is 112 Å². The molecule has 1 heterocycles. The molecule has 3 nitrogen and oxygen atoms in total. The van der Waals surface area contributed by atoms with Crippen LogP contribution in [-0.4, -0.2) is 48.3 Å². The third kappa shape index (κ3) is 4.52. The normalized spacial score (nSPS) is 25.5. The van der Waals surface area contributed by atoms with Crippen molar-refractivity contribution in [3.63, 3.8) is 0 Å². The van der Waals surface area contributed by atoms with E-state index in [0.29, 0.717) is 0 Å². The fraction of sp³-hybridized carbons (Fsp3) is 1.00. The summed E-state index contributed by atoms with van der Waals surface area (Å²) in [4.78, 5) is 2.60. The topological polar surface area (TPSA) is 35.5 Å². The molecule has 0 amide bonds. The van der Waals surface area contributed by atoms with Crippen molar-refractivity contribution in [2.75, 3.05) is 26.2 Å². The highest BCUT2D eigenvalue weighted by Gasteiger charge is 2.25. The molecule has 0 spiro atoms. The van der Waals surface area contributed by atoms with Gasteiger partial charge in [-0.3, -0.25) is 4.90 Å². The largest absolute Gasteiger partial charge is 0.392 e. The summed E-state index contributed by atoms with van der Waals surface area (Å²) in [6.07, 6.45) is 9.29. The van der Waals surface area contributed by atoms with Gasteiger partial charge in [-0.2, -0.15) is 0 Å². The molecule has 0 aromatic carbocycles. The second-order valence-corrected chi connectivity index (χ2v) is 6.29. The highest BCUT2D eigenvalue weighted by molar-refractivity contribution is 4.80. The zero-order valence-electron chi connectivity index (χ0n) is 11.9. The average Bonchev–Trinajstić information content (AvgIpc) is 2.40. The molecule has 2 rings (SSSR count). The van der Waals surface area contributed by atoms with Crippen molar-refractivity contribution in [1.29, 1.82) is 0 Å². The maximum atomic E-state index is 9.73. The van der Waals surface area contributed by atoms with Gasteiger partial charge in [-0.25, -0.2) is 0 Å². The second kappa shape index (κ2) is 7.46.